The van der Waals surface area contributed by atoms with Crippen molar-refractivity contribution in [1.29, 1.82) is 0 Å². The second kappa shape index (κ2) is 7.20. The van der Waals surface area contributed by atoms with Crippen LogP contribution >= 0.6 is 0 Å². The van der Waals surface area contributed by atoms with Crippen molar-refractivity contribution in [3.63, 3.8) is 0 Å². The lowest BCUT2D eigenvalue weighted by atomic mass is 10.0. The van der Waals surface area contributed by atoms with Gasteiger partial charge >= 0.3 is 0 Å². The van der Waals surface area contributed by atoms with Crippen LogP contribution in [-0.4, -0.2) is 17.6 Å². The lowest BCUT2D eigenvalue weighted by molar-refractivity contribution is 0.544. The van der Waals surface area contributed by atoms with Crippen LogP contribution in [0.3, 0.4) is 0 Å². The van der Waals surface area contributed by atoms with Crippen molar-refractivity contribution in [3.05, 3.63) is 12.2 Å². The van der Waals surface area contributed by atoms with Crippen molar-refractivity contribution in [2.45, 2.75) is 58.9 Å². The third-order valence-electron chi connectivity index (χ3n) is 2.56. The molecule has 1 aliphatic rings. The summed E-state index contributed by atoms with van der Waals surface area (Å²) in [5.41, 5.74) is 4.01. The first-order chi connectivity index (χ1) is 7.68. The molecule has 0 spiro atoms. The summed E-state index contributed by atoms with van der Waals surface area (Å²) in [5.74, 6) is 0.927. The minimum Gasteiger partial charge on any atom is -0.268 e. The Morgan fingerprint density at radius 3 is 2.62 bits per heavy atom. The lowest BCUT2D eigenvalue weighted by Gasteiger charge is -2.14. The topological polar surface area (TPSA) is 36.8 Å². The predicted molar refractivity (Wildman–Crippen MR) is 71.0 cm³/mol. The third-order valence-corrected chi connectivity index (χ3v) is 2.56. The van der Waals surface area contributed by atoms with Gasteiger partial charge in [-0.2, -0.15) is 5.10 Å². The quantitative estimate of drug-likeness (QED) is 0.330. The van der Waals surface area contributed by atoms with Crippen LogP contribution in [0.2, 0.25) is 0 Å². The van der Waals surface area contributed by atoms with E-state index in [0.29, 0.717) is 6.04 Å². The number of hydrogen-bond acceptors (Lipinski definition) is 2. The highest BCUT2D eigenvalue weighted by Crippen LogP contribution is 2.15. The first-order valence-electron chi connectivity index (χ1n) is 6.15. The molecule has 0 aromatic heterocycles. The summed E-state index contributed by atoms with van der Waals surface area (Å²) in [7, 11) is 0. The Morgan fingerprint density at radius 2 is 1.88 bits per heavy atom. The average molecular weight is 221 g/mol. The van der Waals surface area contributed by atoms with E-state index in [4.69, 9.17) is 0 Å². The normalized spacial score (nSPS) is 24.2. The average Bonchev–Trinajstić information content (AvgIpc) is 2.19. The molecule has 0 radical (unpaired) electrons. The summed E-state index contributed by atoms with van der Waals surface area (Å²) < 4.78 is 0. The second-order valence-electron chi connectivity index (χ2n) is 4.52. The summed E-state index contributed by atoms with van der Waals surface area (Å²) >= 11 is 0. The number of rotatable bonds is 2. The molecule has 1 unspecified atom stereocenters. The third kappa shape index (κ3) is 5.69. The maximum absolute atomic E-state index is 4.67. The van der Waals surface area contributed by atoms with Crippen molar-refractivity contribution >= 4 is 11.5 Å². The van der Waals surface area contributed by atoms with E-state index in [-0.39, 0.29) is 0 Å². The van der Waals surface area contributed by atoms with Gasteiger partial charge in [0.15, 0.2) is 0 Å². The number of hydrogen-bond donors (Lipinski definition) is 1. The van der Waals surface area contributed by atoms with E-state index in [0.717, 1.165) is 24.4 Å². The first kappa shape index (κ1) is 12.9. The van der Waals surface area contributed by atoms with E-state index in [9.17, 15) is 0 Å². The Kier molecular flexibility index (Phi) is 5.83. The second-order valence-corrected chi connectivity index (χ2v) is 4.52. The maximum Gasteiger partial charge on any atom is 0.114 e. The minimum atomic E-state index is 0.463. The minimum absolute atomic E-state index is 0.463. The van der Waals surface area contributed by atoms with Crippen molar-refractivity contribution in [3.8, 4) is 0 Å². The van der Waals surface area contributed by atoms with E-state index in [1.54, 1.807) is 0 Å². The highest BCUT2D eigenvalue weighted by Gasteiger charge is 2.07. The lowest BCUT2D eigenvalue weighted by Crippen LogP contribution is -2.18. The van der Waals surface area contributed by atoms with Crippen LogP contribution in [0.15, 0.2) is 22.2 Å². The van der Waals surface area contributed by atoms with Gasteiger partial charge in [0.1, 0.15) is 5.84 Å². The zero-order valence-corrected chi connectivity index (χ0v) is 10.7. The van der Waals surface area contributed by atoms with Gasteiger partial charge in [-0.1, -0.05) is 12.2 Å². The van der Waals surface area contributed by atoms with E-state index < -0.39 is 0 Å². The van der Waals surface area contributed by atoms with Gasteiger partial charge in [-0.3, -0.25) is 10.4 Å². The molecule has 16 heavy (non-hydrogen) atoms. The molecule has 0 heterocycles. The van der Waals surface area contributed by atoms with Crippen molar-refractivity contribution < 1.29 is 0 Å². The molecular weight excluding hydrogens is 198 g/mol. The summed E-state index contributed by atoms with van der Waals surface area (Å²) in [5, 5.41) is 4.15. The molecule has 0 aliphatic heterocycles. The molecule has 1 aliphatic carbocycles. The summed E-state index contributed by atoms with van der Waals surface area (Å²) in [6, 6.07) is 0.463. The van der Waals surface area contributed by atoms with Crippen LogP contribution in [0.1, 0.15) is 52.9 Å². The number of allylic oxidation sites excluding steroid dienone is 2. The van der Waals surface area contributed by atoms with Gasteiger partial charge in [-0.05, 0) is 52.9 Å². The fourth-order valence-corrected chi connectivity index (χ4v) is 1.76. The number of amidine groups is 1. The molecule has 90 valence electrons. The monoisotopic (exact) mass is 221 g/mol. The zero-order chi connectivity index (χ0) is 11.8. The van der Waals surface area contributed by atoms with Crippen LogP contribution in [0.4, 0.5) is 0 Å². The smallest absolute Gasteiger partial charge is 0.114 e. The van der Waals surface area contributed by atoms with Crippen molar-refractivity contribution in [1.82, 2.24) is 5.43 Å². The molecule has 1 rings (SSSR count). The highest BCUT2D eigenvalue weighted by molar-refractivity contribution is 5.84. The van der Waals surface area contributed by atoms with Crippen molar-refractivity contribution in [2.75, 3.05) is 0 Å². The molecule has 0 fully saturated rings. The van der Waals surface area contributed by atoms with E-state index in [2.05, 4.69) is 27.7 Å². The van der Waals surface area contributed by atoms with Gasteiger partial charge in [-0.15, -0.1) is 0 Å². The molecule has 0 bridgehead atoms. The van der Waals surface area contributed by atoms with Gasteiger partial charge in [0, 0.05) is 5.71 Å². The predicted octanol–water partition coefficient (Wildman–Crippen LogP) is 3.28. The van der Waals surface area contributed by atoms with Crippen LogP contribution in [0.5, 0.6) is 0 Å². The van der Waals surface area contributed by atoms with Gasteiger partial charge < -0.3 is 0 Å². The number of hydrazone groups is 1. The van der Waals surface area contributed by atoms with E-state index in [1.807, 2.05) is 20.8 Å². The van der Waals surface area contributed by atoms with E-state index in [1.165, 1.54) is 19.3 Å². The molecule has 1 N–H and O–H groups in total. The Morgan fingerprint density at radius 1 is 1.12 bits per heavy atom. The SMILES string of the molecule is CC(C)=NNC(C)=NC1CC/C=C\CCC1. The molecule has 0 amide bonds. The molecule has 0 aromatic rings. The fraction of sp³-hybridized carbons (Fsp3) is 0.692. The Hall–Kier alpha value is -1.12. The van der Waals surface area contributed by atoms with Crippen LogP contribution in [-0.2, 0) is 0 Å². The fourth-order valence-electron chi connectivity index (χ4n) is 1.76. The molecule has 3 heteroatoms. The molecule has 0 saturated heterocycles. The Balaban J connectivity index is 2.46. The van der Waals surface area contributed by atoms with Crippen molar-refractivity contribution in [2.24, 2.45) is 10.1 Å². The number of aliphatic imine (C=N–C) groups is 1. The largest absolute Gasteiger partial charge is 0.268 e. The first-order valence-corrected chi connectivity index (χ1v) is 6.15. The molecule has 0 saturated carbocycles. The van der Waals surface area contributed by atoms with E-state index >= 15 is 0 Å². The Labute approximate surface area is 98.7 Å². The maximum atomic E-state index is 4.67. The number of nitrogens with one attached hydrogen (secondary N) is 1. The molecule has 0 aromatic carbocycles. The van der Waals surface area contributed by atoms with Gasteiger partial charge in [0.05, 0.1) is 6.04 Å². The summed E-state index contributed by atoms with van der Waals surface area (Å²) in [4.78, 5) is 4.67. The number of nitrogens with zero attached hydrogens (tertiary/aromatic N) is 2. The van der Waals surface area contributed by atoms with Crippen LogP contribution in [0, 0.1) is 0 Å². The standard InChI is InChI=1S/C13H23N3/c1-11(2)15-16-12(3)14-13-9-7-5-4-6-8-10-13/h4-5,13H,6-10H2,1-3H3,(H,14,16)/b5-4-. The Bertz CT molecular complexity index is 286. The van der Waals surface area contributed by atoms with Crippen LogP contribution < -0.4 is 5.43 Å². The van der Waals surface area contributed by atoms with Crippen LogP contribution in [0.25, 0.3) is 0 Å². The molecular formula is C13H23N3. The summed E-state index contributed by atoms with van der Waals surface area (Å²) in [6.45, 7) is 5.93. The zero-order valence-electron chi connectivity index (χ0n) is 10.7. The van der Waals surface area contributed by atoms with Gasteiger partial charge in [0.25, 0.3) is 0 Å². The highest BCUT2D eigenvalue weighted by atomic mass is 15.3. The molecule has 1 atom stereocenters. The molecule has 3 nitrogen and oxygen atoms in total. The van der Waals surface area contributed by atoms with Gasteiger partial charge in [-0.25, -0.2) is 0 Å². The summed E-state index contributed by atoms with van der Waals surface area (Å²) in [6.07, 6.45) is 10.5. The van der Waals surface area contributed by atoms with Gasteiger partial charge in [0.2, 0.25) is 0 Å².